The summed E-state index contributed by atoms with van der Waals surface area (Å²) in [5, 5.41) is 0. The number of unbranched alkanes of at least 4 members (excludes halogenated alkanes) is 7. The summed E-state index contributed by atoms with van der Waals surface area (Å²) < 4.78 is 11.8. The number of carbonyl (C=O) groups is 1. The van der Waals surface area contributed by atoms with Crippen molar-refractivity contribution in [2.45, 2.75) is 91.1 Å². The third kappa shape index (κ3) is 9.48. The number of aryl methyl sites for hydroxylation is 1. The molecular formula is C34H44O3. The van der Waals surface area contributed by atoms with Crippen molar-refractivity contribution in [3.63, 3.8) is 0 Å². The van der Waals surface area contributed by atoms with E-state index in [0.29, 0.717) is 11.3 Å². The Morgan fingerprint density at radius 1 is 0.703 bits per heavy atom. The SMILES string of the molecule is CCCCCCCCCCOC(C)c1ccc(-c2ccc(C(=O)Oc3ccccc3CCC)cc2)cc1. The van der Waals surface area contributed by atoms with Gasteiger partial charge < -0.3 is 9.47 Å². The number of esters is 1. The highest BCUT2D eigenvalue weighted by Gasteiger charge is 2.12. The second-order valence-corrected chi connectivity index (χ2v) is 9.93. The van der Waals surface area contributed by atoms with Crippen LogP contribution in [0.1, 0.15) is 106 Å². The summed E-state index contributed by atoms with van der Waals surface area (Å²) in [6.07, 6.45) is 12.5. The van der Waals surface area contributed by atoms with Crippen molar-refractivity contribution < 1.29 is 14.3 Å². The van der Waals surface area contributed by atoms with E-state index >= 15 is 0 Å². The first-order valence-corrected chi connectivity index (χ1v) is 14.2. The van der Waals surface area contributed by atoms with Gasteiger partial charge in [0.15, 0.2) is 0 Å². The maximum Gasteiger partial charge on any atom is 0.343 e. The van der Waals surface area contributed by atoms with E-state index in [-0.39, 0.29) is 12.1 Å². The molecule has 3 heteroatoms. The number of rotatable bonds is 16. The first-order chi connectivity index (χ1) is 18.1. The second-order valence-electron chi connectivity index (χ2n) is 9.93. The van der Waals surface area contributed by atoms with E-state index in [1.807, 2.05) is 48.5 Å². The first-order valence-electron chi connectivity index (χ1n) is 14.2. The molecule has 0 amide bonds. The van der Waals surface area contributed by atoms with Gasteiger partial charge in [0, 0.05) is 6.61 Å². The molecule has 0 aliphatic heterocycles. The molecule has 3 aromatic carbocycles. The quantitative estimate of drug-likeness (QED) is 0.111. The average molecular weight is 501 g/mol. The second kappa shape index (κ2) is 16.0. The summed E-state index contributed by atoms with van der Waals surface area (Å²) >= 11 is 0. The lowest BCUT2D eigenvalue weighted by Gasteiger charge is -2.14. The van der Waals surface area contributed by atoms with Crippen LogP contribution in [-0.2, 0) is 11.2 Å². The van der Waals surface area contributed by atoms with Gasteiger partial charge in [-0.2, -0.15) is 0 Å². The minimum atomic E-state index is -0.326. The zero-order valence-corrected chi connectivity index (χ0v) is 23.0. The van der Waals surface area contributed by atoms with Gasteiger partial charge in [-0.05, 0) is 60.2 Å². The normalized spacial score (nSPS) is 11.9. The number of hydrogen-bond acceptors (Lipinski definition) is 3. The number of ether oxygens (including phenoxy) is 2. The lowest BCUT2D eigenvalue weighted by molar-refractivity contribution is 0.0627. The fraction of sp³-hybridized carbons (Fsp3) is 0.441. The molecule has 3 nitrogen and oxygen atoms in total. The highest BCUT2D eigenvalue weighted by Crippen LogP contribution is 2.25. The maximum atomic E-state index is 12.7. The first kappa shape index (κ1) is 28.7. The molecule has 1 unspecified atom stereocenters. The Kier molecular flexibility index (Phi) is 12.4. The average Bonchev–Trinajstić information content (AvgIpc) is 2.93. The zero-order valence-electron chi connectivity index (χ0n) is 23.0. The Labute approximate surface area is 224 Å². The van der Waals surface area contributed by atoms with Gasteiger partial charge in [-0.3, -0.25) is 0 Å². The van der Waals surface area contributed by atoms with Crippen LogP contribution in [0.3, 0.4) is 0 Å². The van der Waals surface area contributed by atoms with Crippen LogP contribution >= 0.6 is 0 Å². The maximum absolute atomic E-state index is 12.7. The molecule has 1 atom stereocenters. The van der Waals surface area contributed by atoms with Crippen LogP contribution < -0.4 is 4.74 Å². The molecule has 0 saturated carbocycles. The number of hydrogen-bond donors (Lipinski definition) is 0. The third-order valence-electron chi connectivity index (χ3n) is 6.89. The van der Waals surface area contributed by atoms with E-state index in [2.05, 4.69) is 45.0 Å². The fourth-order valence-corrected chi connectivity index (χ4v) is 4.58. The predicted octanol–water partition coefficient (Wildman–Crippen LogP) is 9.74. The van der Waals surface area contributed by atoms with Gasteiger partial charge in [-0.25, -0.2) is 4.79 Å². The van der Waals surface area contributed by atoms with Gasteiger partial charge >= 0.3 is 5.97 Å². The summed E-state index contributed by atoms with van der Waals surface area (Å²) in [5.74, 6) is 0.320. The number of carbonyl (C=O) groups excluding carboxylic acids is 1. The molecule has 0 heterocycles. The van der Waals surface area contributed by atoms with Crippen LogP contribution in [0.15, 0.2) is 72.8 Å². The lowest BCUT2D eigenvalue weighted by Crippen LogP contribution is -2.09. The number of benzene rings is 3. The molecule has 3 aromatic rings. The van der Waals surface area contributed by atoms with Gasteiger partial charge in [0.1, 0.15) is 5.75 Å². The van der Waals surface area contributed by atoms with Gasteiger partial charge in [-0.1, -0.05) is 120 Å². The van der Waals surface area contributed by atoms with E-state index in [1.165, 1.54) is 50.5 Å². The van der Waals surface area contributed by atoms with Crippen molar-refractivity contribution in [2.24, 2.45) is 0 Å². The van der Waals surface area contributed by atoms with Crippen LogP contribution in [0.25, 0.3) is 11.1 Å². The molecule has 37 heavy (non-hydrogen) atoms. The van der Waals surface area contributed by atoms with Crippen molar-refractivity contribution in [1.29, 1.82) is 0 Å². The van der Waals surface area contributed by atoms with Gasteiger partial charge in [0.05, 0.1) is 11.7 Å². The summed E-state index contributed by atoms with van der Waals surface area (Å²) in [4.78, 5) is 12.7. The molecule has 0 aliphatic carbocycles. The molecule has 0 N–H and O–H groups in total. The molecule has 198 valence electrons. The van der Waals surface area contributed by atoms with Gasteiger partial charge in [-0.15, -0.1) is 0 Å². The predicted molar refractivity (Wildman–Crippen MR) is 154 cm³/mol. The van der Waals surface area contributed by atoms with E-state index < -0.39 is 0 Å². The van der Waals surface area contributed by atoms with Crippen LogP contribution in [0.2, 0.25) is 0 Å². The van der Waals surface area contributed by atoms with E-state index in [0.717, 1.165) is 42.6 Å². The molecule has 3 rings (SSSR count). The Morgan fingerprint density at radius 3 is 1.95 bits per heavy atom. The van der Waals surface area contributed by atoms with Crippen molar-refractivity contribution in [2.75, 3.05) is 6.61 Å². The molecule has 0 fully saturated rings. The van der Waals surface area contributed by atoms with E-state index in [4.69, 9.17) is 9.47 Å². The van der Waals surface area contributed by atoms with Gasteiger partial charge in [0.25, 0.3) is 0 Å². The summed E-state index contributed by atoms with van der Waals surface area (Å²) in [6.45, 7) is 7.32. The third-order valence-corrected chi connectivity index (χ3v) is 6.89. The molecule has 0 saturated heterocycles. The topological polar surface area (TPSA) is 35.5 Å². The summed E-state index contributed by atoms with van der Waals surface area (Å²) in [7, 11) is 0. The van der Waals surface area contributed by atoms with Crippen molar-refractivity contribution in [3.05, 3.63) is 89.5 Å². The Morgan fingerprint density at radius 2 is 1.30 bits per heavy atom. The van der Waals surface area contributed by atoms with Crippen LogP contribution in [-0.4, -0.2) is 12.6 Å². The number of para-hydroxylation sites is 1. The molecule has 0 bridgehead atoms. The molecule has 0 spiro atoms. The van der Waals surface area contributed by atoms with Crippen LogP contribution in [0.5, 0.6) is 5.75 Å². The molecule has 0 aromatic heterocycles. The molecule has 0 radical (unpaired) electrons. The monoisotopic (exact) mass is 500 g/mol. The Balaban J connectivity index is 1.46. The molecular weight excluding hydrogens is 456 g/mol. The standard InChI is InChI=1S/C34H44O3/c1-4-6-7-8-9-10-11-14-26-36-27(3)28-18-20-29(21-19-28)30-22-24-32(25-23-30)34(35)37-33-17-13-12-16-31(33)15-5-2/h12-13,16-25,27H,4-11,14-15,26H2,1-3H3. The van der Waals surface area contributed by atoms with E-state index in [9.17, 15) is 4.79 Å². The minimum Gasteiger partial charge on any atom is -0.423 e. The Hall–Kier alpha value is -2.91. The van der Waals surface area contributed by atoms with Crippen molar-refractivity contribution >= 4 is 5.97 Å². The smallest absolute Gasteiger partial charge is 0.343 e. The van der Waals surface area contributed by atoms with Crippen molar-refractivity contribution in [1.82, 2.24) is 0 Å². The highest BCUT2D eigenvalue weighted by atomic mass is 16.5. The largest absolute Gasteiger partial charge is 0.423 e. The molecule has 0 aliphatic rings. The highest BCUT2D eigenvalue weighted by molar-refractivity contribution is 5.91. The van der Waals surface area contributed by atoms with Crippen LogP contribution in [0.4, 0.5) is 0 Å². The lowest BCUT2D eigenvalue weighted by atomic mass is 10.0. The summed E-state index contributed by atoms with van der Waals surface area (Å²) in [6, 6.07) is 23.9. The summed E-state index contributed by atoms with van der Waals surface area (Å²) in [5.41, 5.74) is 4.99. The van der Waals surface area contributed by atoms with Crippen LogP contribution in [0, 0.1) is 0 Å². The van der Waals surface area contributed by atoms with Crippen molar-refractivity contribution in [3.8, 4) is 16.9 Å². The Bertz CT molecular complexity index is 1050. The fourth-order valence-electron chi connectivity index (χ4n) is 4.58. The zero-order chi connectivity index (χ0) is 26.3. The van der Waals surface area contributed by atoms with Gasteiger partial charge in [0.2, 0.25) is 0 Å². The van der Waals surface area contributed by atoms with E-state index in [1.54, 1.807) is 0 Å². The minimum absolute atomic E-state index is 0.0892.